The summed E-state index contributed by atoms with van der Waals surface area (Å²) in [5.41, 5.74) is 4.23. The maximum Gasteiger partial charge on any atom is 0.0308 e. The van der Waals surface area contributed by atoms with E-state index in [9.17, 15) is 0 Å². The van der Waals surface area contributed by atoms with E-state index >= 15 is 0 Å². The van der Waals surface area contributed by atoms with E-state index in [1.54, 1.807) is 0 Å². The van der Waals surface area contributed by atoms with Crippen LogP contribution in [0.3, 0.4) is 0 Å². The fraction of sp³-hybridized carbons (Fsp3) is 0.375. The lowest BCUT2D eigenvalue weighted by atomic mass is 10.0. The molecule has 0 aliphatic carbocycles. The molecule has 0 aliphatic rings. The maximum absolute atomic E-state index is 3.63. The van der Waals surface area contributed by atoms with Crippen LogP contribution in [0.25, 0.3) is 0 Å². The molecule has 1 heterocycles. The third-order valence-corrected chi connectivity index (χ3v) is 4.41. The van der Waals surface area contributed by atoms with Crippen LogP contribution in [0.15, 0.2) is 35.7 Å². The Balaban J connectivity index is 2.01. The molecular weight excluding hydrogens is 238 g/mol. The van der Waals surface area contributed by atoms with E-state index in [4.69, 9.17) is 0 Å². The Bertz CT molecular complexity index is 501. The Labute approximate surface area is 114 Å². The summed E-state index contributed by atoms with van der Waals surface area (Å²) in [4.78, 5) is 1.47. The van der Waals surface area contributed by atoms with Gasteiger partial charge in [0.15, 0.2) is 0 Å². The van der Waals surface area contributed by atoms with Crippen LogP contribution in [0.2, 0.25) is 0 Å². The lowest BCUT2D eigenvalue weighted by Gasteiger charge is -2.16. The zero-order chi connectivity index (χ0) is 13.0. The monoisotopic (exact) mass is 259 g/mol. The molecule has 2 heteroatoms. The summed E-state index contributed by atoms with van der Waals surface area (Å²) in [6.45, 7) is 7.60. The van der Waals surface area contributed by atoms with Crippen LogP contribution < -0.4 is 5.32 Å². The van der Waals surface area contributed by atoms with E-state index in [2.05, 4.69) is 61.8 Å². The van der Waals surface area contributed by atoms with Gasteiger partial charge in [-0.15, -0.1) is 11.3 Å². The molecular formula is C16H21NS. The predicted molar refractivity (Wildman–Crippen MR) is 80.1 cm³/mol. The first kappa shape index (κ1) is 13.3. The molecule has 0 radical (unpaired) electrons. The fourth-order valence-electron chi connectivity index (χ4n) is 2.27. The van der Waals surface area contributed by atoms with E-state index in [1.165, 1.54) is 21.6 Å². The van der Waals surface area contributed by atoms with E-state index in [1.807, 2.05) is 11.3 Å². The second-order valence-electron chi connectivity index (χ2n) is 4.68. The Morgan fingerprint density at radius 3 is 2.72 bits per heavy atom. The summed E-state index contributed by atoms with van der Waals surface area (Å²) in [6, 6.07) is 11.2. The normalized spacial score (nSPS) is 12.6. The van der Waals surface area contributed by atoms with Gasteiger partial charge in [0.25, 0.3) is 0 Å². The van der Waals surface area contributed by atoms with Crippen LogP contribution in [0.4, 0.5) is 0 Å². The number of nitrogens with one attached hydrogen (secondary N) is 1. The van der Waals surface area contributed by atoms with Gasteiger partial charge in [0.2, 0.25) is 0 Å². The molecule has 0 amide bonds. The molecule has 2 aromatic rings. The highest BCUT2D eigenvalue weighted by molar-refractivity contribution is 7.10. The molecule has 0 saturated carbocycles. The Kier molecular flexibility index (Phi) is 4.56. The van der Waals surface area contributed by atoms with Gasteiger partial charge in [-0.1, -0.05) is 31.2 Å². The summed E-state index contributed by atoms with van der Waals surface area (Å²) in [7, 11) is 0. The van der Waals surface area contributed by atoms with Crippen molar-refractivity contribution in [3.63, 3.8) is 0 Å². The first-order valence-corrected chi connectivity index (χ1v) is 7.44. The molecule has 1 aromatic carbocycles. The second-order valence-corrected chi connectivity index (χ2v) is 5.68. The lowest BCUT2D eigenvalue weighted by Crippen LogP contribution is -2.18. The lowest BCUT2D eigenvalue weighted by molar-refractivity contribution is 0.574. The minimum Gasteiger partial charge on any atom is -0.305 e. The van der Waals surface area contributed by atoms with Crippen molar-refractivity contribution >= 4 is 11.3 Å². The number of hydrogen-bond acceptors (Lipinski definition) is 2. The number of aryl methyl sites for hydroxylation is 2. The highest BCUT2D eigenvalue weighted by Crippen LogP contribution is 2.20. The molecule has 1 atom stereocenters. The molecule has 1 nitrogen and oxygen atoms in total. The molecule has 1 N–H and O–H groups in total. The van der Waals surface area contributed by atoms with Crippen LogP contribution in [0, 0.1) is 6.92 Å². The van der Waals surface area contributed by atoms with E-state index in [0.717, 1.165) is 13.0 Å². The smallest absolute Gasteiger partial charge is 0.0308 e. The first-order chi connectivity index (χ1) is 8.72. The van der Waals surface area contributed by atoms with Gasteiger partial charge in [-0.3, -0.25) is 0 Å². The fourth-order valence-corrected chi connectivity index (χ4v) is 3.19. The van der Waals surface area contributed by atoms with Crippen molar-refractivity contribution in [1.29, 1.82) is 0 Å². The van der Waals surface area contributed by atoms with Gasteiger partial charge in [0, 0.05) is 17.5 Å². The van der Waals surface area contributed by atoms with Gasteiger partial charge in [0.1, 0.15) is 0 Å². The zero-order valence-electron chi connectivity index (χ0n) is 11.4. The van der Waals surface area contributed by atoms with Crippen LogP contribution in [0.5, 0.6) is 0 Å². The predicted octanol–water partition coefficient (Wildman–Crippen LogP) is 4.47. The van der Waals surface area contributed by atoms with Crippen molar-refractivity contribution in [2.24, 2.45) is 0 Å². The largest absolute Gasteiger partial charge is 0.305 e. The summed E-state index contributed by atoms with van der Waals surface area (Å²) in [6.07, 6.45) is 1.12. The Morgan fingerprint density at radius 1 is 1.22 bits per heavy atom. The molecule has 1 aromatic heterocycles. The van der Waals surface area contributed by atoms with Crippen molar-refractivity contribution < 1.29 is 0 Å². The molecule has 0 spiro atoms. The average molecular weight is 259 g/mol. The SMILES string of the molecule is CCc1ccsc1CNC(C)c1ccccc1C. The van der Waals surface area contributed by atoms with Crippen LogP contribution in [0.1, 0.15) is 41.5 Å². The van der Waals surface area contributed by atoms with Crippen molar-refractivity contribution in [2.75, 3.05) is 0 Å². The summed E-state index contributed by atoms with van der Waals surface area (Å²) >= 11 is 1.85. The quantitative estimate of drug-likeness (QED) is 0.835. The van der Waals surface area contributed by atoms with Gasteiger partial charge >= 0.3 is 0 Å². The van der Waals surface area contributed by atoms with Gasteiger partial charge in [-0.05, 0) is 48.4 Å². The standard InChI is InChI=1S/C16H21NS/c1-4-14-9-10-18-16(14)11-17-13(3)15-8-6-5-7-12(15)2/h5-10,13,17H,4,11H2,1-3H3. The van der Waals surface area contributed by atoms with Gasteiger partial charge < -0.3 is 5.32 Å². The minimum atomic E-state index is 0.401. The van der Waals surface area contributed by atoms with Crippen LogP contribution in [-0.2, 0) is 13.0 Å². The highest BCUT2D eigenvalue weighted by atomic mass is 32.1. The topological polar surface area (TPSA) is 12.0 Å². The summed E-state index contributed by atoms with van der Waals surface area (Å²) < 4.78 is 0. The van der Waals surface area contributed by atoms with Gasteiger partial charge in [0.05, 0.1) is 0 Å². The Hall–Kier alpha value is -1.12. The summed E-state index contributed by atoms with van der Waals surface area (Å²) in [5.74, 6) is 0. The van der Waals surface area contributed by atoms with E-state index in [0.29, 0.717) is 6.04 Å². The van der Waals surface area contributed by atoms with Gasteiger partial charge in [-0.2, -0.15) is 0 Å². The van der Waals surface area contributed by atoms with Crippen molar-refractivity contribution in [1.82, 2.24) is 5.32 Å². The Morgan fingerprint density at radius 2 is 2.00 bits per heavy atom. The first-order valence-electron chi connectivity index (χ1n) is 6.56. The average Bonchev–Trinajstić information content (AvgIpc) is 2.84. The third kappa shape index (κ3) is 3.01. The zero-order valence-corrected chi connectivity index (χ0v) is 12.2. The van der Waals surface area contributed by atoms with Crippen molar-refractivity contribution in [3.05, 3.63) is 57.3 Å². The molecule has 18 heavy (non-hydrogen) atoms. The summed E-state index contributed by atoms with van der Waals surface area (Å²) in [5, 5.41) is 5.82. The number of thiophene rings is 1. The number of hydrogen-bond donors (Lipinski definition) is 1. The van der Waals surface area contributed by atoms with Crippen LogP contribution in [-0.4, -0.2) is 0 Å². The molecule has 0 fully saturated rings. The maximum atomic E-state index is 3.63. The highest BCUT2D eigenvalue weighted by Gasteiger charge is 2.08. The van der Waals surface area contributed by atoms with Crippen molar-refractivity contribution in [2.45, 2.75) is 39.8 Å². The molecule has 2 rings (SSSR count). The van der Waals surface area contributed by atoms with Crippen LogP contribution >= 0.6 is 11.3 Å². The minimum absolute atomic E-state index is 0.401. The second kappa shape index (κ2) is 6.17. The van der Waals surface area contributed by atoms with E-state index in [-0.39, 0.29) is 0 Å². The van der Waals surface area contributed by atoms with Crippen molar-refractivity contribution in [3.8, 4) is 0 Å². The molecule has 1 unspecified atom stereocenters. The molecule has 96 valence electrons. The van der Waals surface area contributed by atoms with E-state index < -0.39 is 0 Å². The molecule has 0 bridgehead atoms. The molecule has 0 saturated heterocycles. The number of rotatable bonds is 5. The third-order valence-electron chi connectivity index (χ3n) is 3.44. The molecule has 0 aliphatic heterocycles. The number of benzene rings is 1. The van der Waals surface area contributed by atoms with Gasteiger partial charge in [-0.25, -0.2) is 0 Å².